The quantitative estimate of drug-likeness (QED) is 0.648. The Hall–Kier alpha value is -2.16. The number of carbonyl (C=O) groups is 1. The molecule has 0 atom stereocenters. The number of nitrogens with zero attached hydrogens (tertiary/aromatic N) is 1. The van der Waals surface area contributed by atoms with E-state index >= 15 is 0 Å². The van der Waals surface area contributed by atoms with Crippen molar-refractivity contribution in [2.75, 3.05) is 17.9 Å². The maximum atomic E-state index is 12.3. The van der Waals surface area contributed by atoms with Crippen LogP contribution in [0.5, 0.6) is 5.75 Å². The Bertz CT molecular complexity index is 882. The van der Waals surface area contributed by atoms with Crippen LogP contribution in [0.4, 0.5) is 10.8 Å². The second-order valence-electron chi connectivity index (χ2n) is 4.61. The number of hydrogen-bond acceptors (Lipinski definition) is 6. The lowest BCUT2D eigenvalue weighted by atomic mass is 10.2. The largest absolute Gasteiger partial charge is 0.761 e. The molecule has 0 aliphatic rings. The first-order chi connectivity index (χ1) is 11.1. The van der Waals surface area contributed by atoms with Crippen molar-refractivity contribution < 1.29 is 9.53 Å². The molecule has 0 unspecified atom stereocenters. The Labute approximate surface area is 144 Å². The molecule has 3 rings (SSSR count). The van der Waals surface area contributed by atoms with E-state index in [-0.39, 0.29) is 5.91 Å². The van der Waals surface area contributed by atoms with Crippen LogP contribution in [0.3, 0.4) is 0 Å². The molecule has 2 N–H and O–H groups in total. The van der Waals surface area contributed by atoms with Gasteiger partial charge in [-0.05, 0) is 24.3 Å². The summed E-state index contributed by atoms with van der Waals surface area (Å²) in [5.41, 5.74) is 3.33. The average Bonchev–Trinajstić information content (AvgIpc) is 2.95. The first kappa shape index (κ1) is 15.7. The van der Waals surface area contributed by atoms with Crippen molar-refractivity contribution in [1.29, 1.82) is 0 Å². The van der Waals surface area contributed by atoms with Gasteiger partial charge in [-0.1, -0.05) is 33.3 Å². The molecule has 0 saturated carbocycles. The molecule has 1 aromatic heterocycles. The Morgan fingerprint density at radius 1 is 1.35 bits per heavy atom. The van der Waals surface area contributed by atoms with E-state index in [1.165, 1.54) is 18.4 Å². The van der Waals surface area contributed by atoms with Crippen LogP contribution in [0, 0.1) is 5.21 Å². The summed E-state index contributed by atoms with van der Waals surface area (Å²) in [6.45, 7) is 0. The summed E-state index contributed by atoms with van der Waals surface area (Å²) in [4.78, 5) is 16.6. The van der Waals surface area contributed by atoms with Gasteiger partial charge in [-0.2, -0.15) is 0 Å². The molecule has 3 aromatic rings. The number of methoxy groups -OCH3 is 1. The summed E-state index contributed by atoms with van der Waals surface area (Å²) in [6, 6.07) is 10.3. The molecular weight excluding hydrogens is 382 g/mol. The van der Waals surface area contributed by atoms with E-state index in [1.807, 2.05) is 11.5 Å². The van der Waals surface area contributed by atoms with Gasteiger partial charge in [-0.25, -0.2) is 4.98 Å². The third-order valence-corrected chi connectivity index (χ3v) is 4.52. The number of hydrogen-bond donors (Lipinski definition) is 2. The molecule has 1 heterocycles. The van der Waals surface area contributed by atoms with E-state index in [2.05, 4.69) is 26.2 Å². The van der Waals surface area contributed by atoms with Crippen LogP contribution in [-0.2, 0) is 0 Å². The number of nitrogens with one attached hydrogen (secondary N) is 2. The number of rotatable bonds is 4. The molecule has 8 heteroatoms. The molecule has 6 nitrogen and oxygen atoms in total. The number of amides is 1. The normalized spacial score (nSPS) is 10.6. The van der Waals surface area contributed by atoms with Crippen molar-refractivity contribution in [3.8, 4) is 5.75 Å². The SMILES string of the molecule is COc1cc(N[O-])cc2sc(NC(=O)c3cccc(Br)c3)nc12. The monoisotopic (exact) mass is 392 g/mol. The molecule has 2 aromatic carbocycles. The zero-order chi connectivity index (χ0) is 16.4. The predicted molar refractivity (Wildman–Crippen MR) is 95.3 cm³/mol. The van der Waals surface area contributed by atoms with E-state index in [4.69, 9.17) is 4.74 Å². The molecule has 0 spiro atoms. The van der Waals surface area contributed by atoms with Crippen LogP contribution in [0.25, 0.3) is 10.2 Å². The third kappa shape index (κ3) is 3.29. The van der Waals surface area contributed by atoms with Gasteiger partial charge in [0, 0.05) is 21.8 Å². The topological polar surface area (TPSA) is 86.3 Å². The number of fused-ring (bicyclic) bond motifs is 1. The van der Waals surface area contributed by atoms with Gasteiger partial charge >= 0.3 is 0 Å². The second-order valence-corrected chi connectivity index (χ2v) is 6.56. The minimum atomic E-state index is -0.258. The highest BCUT2D eigenvalue weighted by atomic mass is 79.9. The zero-order valence-corrected chi connectivity index (χ0v) is 14.3. The molecule has 0 bridgehead atoms. The van der Waals surface area contributed by atoms with Crippen molar-refractivity contribution in [3.63, 3.8) is 0 Å². The molecule has 0 aliphatic carbocycles. The van der Waals surface area contributed by atoms with Crippen LogP contribution in [0.15, 0.2) is 40.9 Å². The van der Waals surface area contributed by atoms with Crippen molar-refractivity contribution in [3.05, 3.63) is 51.6 Å². The minimum absolute atomic E-state index is 0.258. The highest BCUT2D eigenvalue weighted by Crippen LogP contribution is 2.35. The minimum Gasteiger partial charge on any atom is -0.761 e. The number of anilines is 2. The van der Waals surface area contributed by atoms with Crippen molar-refractivity contribution in [2.24, 2.45) is 0 Å². The van der Waals surface area contributed by atoms with E-state index in [0.717, 1.165) is 9.17 Å². The van der Waals surface area contributed by atoms with Gasteiger partial charge in [0.1, 0.15) is 11.3 Å². The zero-order valence-electron chi connectivity index (χ0n) is 11.9. The molecule has 0 saturated heterocycles. The summed E-state index contributed by atoms with van der Waals surface area (Å²) in [7, 11) is 1.50. The van der Waals surface area contributed by atoms with Gasteiger partial charge < -0.3 is 15.4 Å². The molecule has 118 valence electrons. The van der Waals surface area contributed by atoms with E-state index in [0.29, 0.717) is 27.6 Å². The van der Waals surface area contributed by atoms with Crippen LogP contribution in [0.1, 0.15) is 10.4 Å². The van der Waals surface area contributed by atoms with Crippen LogP contribution < -0.4 is 15.5 Å². The van der Waals surface area contributed by atoms with Crippen molar-refractivity contribution in [1.82, 2.24) is 4.98 Å². The van der Waals surface area contributed by atoms with Gasteiger partial charge in [0.2, 0.25) is 0 Å². The lowest BCUT2D eigenvalue weighted by Crippen LogP contribution is -2.11. The summed E-state index contributed by atoms with van der Waals surface area (Å²) in [5.74, 6) is 0.214. The van der Waals surface area contributed by atoms with E-state index < -0.39 is 0 Å². The Morgan fingerprint density at radius 2 is 2.17 bits per heavy atom. The lowest BCUT2D eigenvalue weighted by molar-refractivity contribution is 0.102. The number of halogens is 1. The third-order valence-electron chi connectivity index (χ3n) is 3.10. The van der Waals surface area contributed by atoms with Crippen LogP contribution in [-0.4, -0.2) is 18.0 Å². The summed E-state index contributed by atoms with van der Waals surface area (Å²) in [6.07, 6.45) is 0. The standard InChI is InChI=1S/C15H11BrN3O3S/c1-22-11-6-10(19-21)7-12-13(11)17-15(23-12)18-14(20)8-3-2-4-9(16)5-8/h2-7,19H,1H3,(H,17,18,20)/q-1. The first-order valence-electron chi connectivity index (χ1n) is 6.54. The Balaban J connectivity index is 1.93. The number of ether oxygens (including phenoxy) is 1. The van der Waals surface area contributed by atoms with Gasteiger partial charge in [0.15, 0.2) is 5.13 Å². The van der Waals surface area contributed by atoms with Crippen LogP contribution in [0.2, 0.25) is 0 Å². The Kier molecular flexibility index (Phi) is 4.46. The maximum absolute atomic E-state index is 12.3. The van der Waals surface area contributed by atoms with Gasteiger partial charge in [-0.3, -0.25) is 10.1 Å². The van der Waals surface area contributed by atoms with E-state index in [1.54, 1.807) is 30.3 Å². The van der Waals surface area contributed by atoms with Crippen molar-refractivity contribution in [2.45, 2.75) is 0 Å². The molecule has 0 aliphatic heterocycles. The number of carbonyl (C=O) groups excluding carboxylic acids is 1. The Morgan fingerprint density at radius 3 is 2.87 bits per heavy atom. The molecule has 23 heavy (non-hydrogen) atoms. The van der Waals surface area contributed by atoms with Gasteiger partial charge in [0.25, 0.3) is 5.91 Å². The predicted octanol–water partition coefficient (Wildman–Crippen LogP) is 4.23. The van der Waals surface area contributed by atoms with Crippen LogP contribution >= 0.6 is 27.3 Å². The number of benzene rings is 2. The lowest BCUT2D eigenvalue weighted by Gasteiger charge is -2.10. The average molecular weight is 393 g/mol. The maximum Gasteiger partial charge on any atom is 0.257 e. The highest BCUT2D eigenvalue weighted by Gasteiger charge is 2.13. The molecular formula is C15H11BrN3O3S-. The smallest absolute Gasteiger partial charge is 0.257 e. The second kappa shape index (κ2) is 6.53. The summed E-state index contributed by atoms with van der Waals surface area (Å²) in [5, 5.41) is 14.0. The van der Waals surface area contributed by atoms with E-state index in [9.17, 15) is 10.0 Å². The summed E-state index contributed by atoms with van der Waals surface area (Å²) >= 11 is 4.60. The van der Waals surface area contributed by atoms with Gasteiger partial charge in [-0.15, -0.1) is 0 Å². The van der Waals surface area contributed by atoms with Gasteiger partial charge in [0.05, 0.1) is 11.8 Å². The van der Waals surface area contributed by atoms with Crippen molar-refractivity contribution >= 4 is 54.2 Å². The number of aromatic nitrogens is 1. The molecule has 1 amide bonds. The first-order valence-corrected chi connectivity index (χ1v) is 8.15. The highest BCUT2D eigenvalue weighted by molar-refractivity contribution is 9.10. The fourth-order valence-corrected chi connectivity index (χ4v) is 3.38. The fourth-order valence-electron chi connectivity index (χ4n) is 2.07. The molecule has 0 fully saturated rings. The number of thiazole rings is 1. The molecule has 0 radical (unpaired) electrons. The fraction of sp³-hybridized carbons (Fsp3) is 0.0667. The summed E-state index contributed by atoms with van der Waals surface area (Å²) < 4.78 is 6.80.